The van der Waals surface area contributed by atoms with Crippen LogP contribution >= 0.6 is 0 Å². The molecule has 2 aliphatic rings. The van der Waals surface area contributed by atoms with E-state index in [-0.39, 0.29) is 40.1 Å². The highest BCUT2D eigenvalue weighted by atomic mass is 19.1. The molecular weight excluding hydrogens is 433 g/mol. The molecule has 0 bridgehead atoms. The van der Waals surface area contributed by atoms with E-state index >= 15 is 0 Å². The summed E-state index contributed by atoms with van der Waals surface area (Å²) in [6.45, 7) is 10.1. The van der Waals surface area contributed by atoms with Crippen LogP contribution in [0.3, 0.4) is 0 Å². The number of fused-ring (bicyclic) bond motifs is 1. The van der Waals surface area contributed by atoms with Crippen LogP contribution in [0.2, 0.25) is 0 Å². The van der Waals surface area contributed by atoms with Crippen LogP contribution < -0.4 is 26.8 Å². The molecule has 2 aromatic carbocycles. The lowest BCUT2D eigenvalue weighted by molar-refractivity contribution is 0.0959. The maximum absolute atomic E-state index is 14.8. The van der Waals surface area contributed by atoms with Crippen molar-refractivity contribution in [2.24, 2.45) is 5.41 Å². The molecule has 0 spiro atoms. The number of hydrogen-bond donors (Lipinski definition) is 3. The summed E-state index contributed by atoms with van der Waals surface area (Å²) in [4.78, 5) is 37.6. The Morgan fingerprint density at radius 1 is 1.09 bits per heavy atom. The Hall–Kier alpha value is -3.48. The van der Waals surface area contributed by atoms with Gasteiger partial charge in [0.2, 0.25) is 0 Å². The first-order chi connectivity index (χ1) is 16.0. The van der Waals surface area contributed by atoms with Crippen molar-refractivity contribution in [1.29, 1.82) is 0 Å². The molecule has 0 fully saturated rings. The number of halogens is 1. The molecule has 34 heavy (non-hydrogen) atoms. The topological polar surface area (TPSA) is 87.3 Å². The number of allylic oxidation sites excluding steroid dienone is 4. The zero-order chi connectivity index (χ0) is 24.8. The van der Waals surface area contributed by atoms with Crippen LogP contribution in [-0.4, -0.2) is 11.9 Å². The van der Waals surface area contributed by atoms with E-state index in [1.807, 2.05) is 19.1 Å². The first-order valence-corrected chi connectivity index (χ1v) is 11.6. The molecule has 3 N–H and O–H groups in total. The van der Waals surface area contributed by atoms with Gasteiger partial charge in [0.25, 0.3) is 16.8 Å². The van der Waals surface area contributed by atoms with Crippen LogP contribution in [0.15, 0.2) is 57.2 Å². The Kier molecular flexibility index (Phi) is 6.06. The minimum Gasteiger partial charge on any atom is -0.373 e. The molecule has 1 heterocycles. The van der Waals surface area contributed by atoms with Gasteiger partial charge in [0.1, 0.15) is 17.2 Å². The molecule has 0 aromatic heterocycles. The van der Waals surface area contributed by atoms with Gasteiger partial charge in [-0.2, -0.15) is 0 Å². The van der Waals surface area contributed by atoms with Crippen molar-refractivity contribution in [3.05, 3.63) is 85.0 Å². The van der Waals surface area contributed by atoms with Gasteiger partial charge in [-0.25, -0.2) is 4.39 Å². The summed E-state index contributed by atoms with van der Waals surface area (Å²) in [6.07, 6.45) is 9.87. The molecule has 0 radical (unpaired) electrons. The number of benzene rings is 1. The maximum Gasteiger partial charge on any atom is 0.254 e. The second-order valence-corrected chi connectivity index (χ2v) is 9.76. The summed E-state index contributed by atoms with van der Waals surface area (Å²) in [5.74, 6) is -1.08. The molecule has 0 saturated heterocycles. The molecule has 178 valence electrons. The third-order valence-electron chi connectivity index (χ3n) is 7.04. The highest BCUT2D eigenvalue weighted by molar-refractivity contribution is 6.05. The number of hydrogen-bond acceptors (Lipinski definition) is 5. The number of amides is 1. The second-order valence-electron chi connectivity index (χ2n) is 9.76. The van der Waals surface area contributed by atoms with E-state index in [1.54, 1.807) is 13.0 Å². The van der Waals surface area contributed by atoms with Gasteiger partial charge in [0, 0.05) is 0 Å². The number of nitrogens with one attached hydrogen (secondary N) is 3. The zero-order valence-electron chi connectivity index (χ0n) is 20.1. The molecule has 1 amide bonds. The molecule has 0 unspecified atom stereocenters. The fourth-order valence-corrected chi connectivity index (χ4v) is 4.48. The van der Waals surface area contributed by atoms with Gasteiger partial charge < -0.3 is 16.0 Å². The molecule has 2 atom stereocenters. The Bertz CT molecular complexity index is 1330. The molecule has 6 nitrogen and oxygen atoms in total. The lowest BCUT2D eigenvalue weighted by Gasteiger charge is -2.36. The van der Waals surface area contributed by atoms with E-state index in [1.165, 1.54) is 6.07 Å². The predicted octanol–water partition coefficient (Wildman–Crippen LogP) is 5.02. The Balaban J connectivity index is 1.73. The van der Waals surface area contributed by atoms with Crippen molar-refractivity contribution in [2.45, 2.75) is 59.5 Å². The normalized spacial score (nSPS) is 18.6. The van der Waals surface area contributed by atoms with Crippen LogP contribution in [0.25, 0.3) is 0 Å². The standard InChI is InChI=1S/C27H30FN3O3/c1-6-27(4,5)25(16-9-7-8-14(2)10-11-16)31-22-21(23(32)24(22)33)30-20-18(28)13-12-17-15(3)29-26(34)19(17)20/h8-13,15,25,30-31H,6-7H2,1-5H3,(H,29,34)/t15-,25-/m0/s1. The van der Waals surface area contributed by atoms with Crippen LogP contribution in [0.1, 0.15) is 69.4 Å². The smallest absolute Gasteiger partial charge is 0.254 e. The molecule has 4 rings (SSSR count). The quantitative estimate of drug-likeness (QED) is 0.502. The van der Waals surface area contributed by atoms with Crippen LogP contribution in [0, 0.1) is 11.2 Å². The van der Waals surface area contributed by atoms with Gasteiger partial charge in [0.05, 0.1) is 23.3 Å². The monoisotopic (exact) mass is 463 g/mol. The first kappa shape index (κ1) is 23.7. The van der Waals surface area contributed by atoms with E-state index in [0.29, 0.717) is 5.56 Å². The predicted molar refractivity (Wildman–Crippen MR) is 134 cm³/mol. The second kappa shape index (κ2) is 8.70. The highest BCUT2D eigenvalue weighted by Gasteiger charge is 2.35. The van der Waals surface area contributed by atoms with Gasteiger partial charge in [-0.1, -0.05) is 56.7 Å². The van der Waals surface area contributed by atoms with Gasteiger partial charge >= 0.3 is 0 Å². The van der Waals surface area contributed by atoms with E-state index < -0.39 is 22.6 Å². The van der Waals surface area contributed by atoms with E-state index in [9.17, 15) is 18.8 Å². The van der Waals surface area contributed by atoms with E-state index in [0.717, 1.165) is 24.0 Å². The lowest BCUT2D eigenvalue weighted by Crippen LogP contribution is -2.44. The summed E-state index contributed by atoms with van der Waals surface area (Å²) in [6, 6.07) is 2.29. The molecule has 1 aliphatic heterocycles. The Labute approximate surface area is 198 Å². The van der Waals surface area contributed by atoms with Crippen molar-refractivity contribution in [3.63, 3.8) is 0 Å². The molecule has 7 heteroatoms. The van der Waals surface area contributed by atoms with Crippen LogP contribution in [0.4, 0.5) is 21.5 Å². The lowest BCUT2D eigenvalue weighted by atomic mass is 9.77. The Morgan fingerprint density at radius 2 is 1.79 bits per heavy atom. The fourth-order valence-electron chi connectivity index (χ4n) is 4.48. The first-order valence-electron chi connectivity index (χ1n) is 11.6. The highest BCUT2D eigenvalue weighted by Crippen LogP contribution is 2.37. The van der Waals surface area contributed by atoms with Crippen LogP contribution in [0.5, 0.6) is 0 Å². The fraction of sp³-hybridized carbons (Fsp3) is 0.370. The van der Waals surface area contributed by atoms with Crippen molar-refractivity contribution in [2.75, 3.05) is 10.6 Å². The zero-order valence-corrected chi connectivity index (χ0v) is 20.1. The van der Waals surface area contributed by atoms with Gasteiger partial charge in [-0.15, -0.1) is 0 Å². The summed E-state index contributed by atoms with van der Waals surface area (Å²) in [7, 11) is 0. The van der Waals surface area contributed by atoms with Gasteiger partial charge in [-0.05, 0) is 49.3 Å². The summed E-state index contributed by atoms with van der Waals surface area (Å²) < 4.78 is 14.8. The van der Waals surface area contributed by atoms with Gasteiger partial charge in [-0.3, -0.25) is 14.4 Å². The number of rotatable bonds is 7. The van der Waals surface area contributed by atoms with Crippen molar-refractivity contribution in [3.8, 4) is 0 Å². The average Bonchev–Trinajstić information content (AvgIpc) is 2.95. The minimum atomic E-state index is -0.734. The summed E-state index contributed by atoms with van der Waals surface area (Å²) in [5, 5.41) is 8.84. The molecule has 0 saturated carbocycles. The third-order valence-corrected chi connectivity index (χ3v) is 7.04. The maximum atomic E-state index is 14.8. The third kappa shape index (κ3) is 4.00. The van der Waals surface area contributed by atoms with Crippen molar-refractivity contribution in [1.82, 2.24) is 5.32 Å². The van der Waals surface area contributed by atoms with E-state index in [4.69, 9.17) is 0 Å². The molecule has 2 aromatic rings. The largest absolute Gasteiger partial charge is 0.373 e. The Morgan fingerprint density at radius 3 is 2.50 bits per heavy atom. The van der Waals surface area contributed by atoms with Crippen molar-refractivity contribution < 1.29 is 9.18 Å². The minimum absolute atomic E-state index is 0.0194. The number of anilines is 3. The summed E-state index contributed by atoms with van der Waals surface area (Å²) >= 11 is 0. The van der Waals surface area contributed by atoms with Crippen LogP contribution in [-0.2, 0) is 0 Å². The summed E-state index contributed by atoms with van der Waals surface area (Å²) in [5.41, 5.74) is 1.33. The molecule has 1 aliphatic carbocycles. The van der Waals surface area contributed by atoms with Crippen molar-refractivity contribution >= 4 is 23.0 Å². The van der Waals surface area contributed by atoms with E-state index in [2.05, 4.69) is 48.9 Å². The van der Waals surface area contributed by atoms with Gasteiger partial charge in [0.15, 0.2) is 0 Å². The number of carbonyl (C=O) groups excluding carboxylic acids is 1. The number of carbonyl (C=O) groups is 1. The average molecular weight is 464 g/mol. The molecular formula is C27H30FN3O3. The SMILES string of the molecule is CCC(C)(C)[C@@H](Nc1c(Nc2c(F)ccc3c2C(=O)N[C@H]3C)c(=O)c1=O)C1=CCC=C(C)C=C1.